The SMILES string of the molecule is CC(=O)NCC(=O)N[C@@H](Cc1c[nH]c2ccccc12)C(=O)N[C@@H](CCC(=O)C=N)C(=O)O. The summed E-state index contributed by atoms with van der Waals surface area (Å²) in [5.41, 5.74) is 1.56. The van der Waals surface area contributed by atoms with Crippen LogP contribution >= 0.6 is 0 Å². The summed E-state index contributed by atoms with van der Waals surface area (Å²) < 4.78 is 0. The molecule has 1 aromatic carbocycles. The van der Waals surface area contributed by atoms with Crippen LogP contribution in [0.5, 0.6) is 0 Å². The van der Waals surface area contributed by atoms with Crippen molar-refractivity contribution in [3.05, 3.63) is 36.0 Å². The van der Waals surface area contributed by atoms with Crippen molar-refractivity contribution >= 4 is 46.6 Å². The largest absolute Gasteiger partial charge is 0.480 e. The molecule has 0 saturated heterocycles. The molecule has 1 heterocycles. The van der Waals surface area contributed by atoms with Crippen molar-refractivity contribution in [3.63, 3.8) is 0 Å². The van der Waals surface area contributed by atoms with Crippen molar-refractivity contribution in [2.75, 3.05) is 6.54 Å². The monoisotopic (exact) mass is 443 g/mol. The number of para-hydroxylation sites is 1. The van der Waals surface area contributed by atoms with E-state index in [9.17, 15) is 29.1 Å². The van der Waals surface area contributed by atoms with Crippen LogP contribution < -0.4 is 16.0 Å². The molecule has 6 N–H and O–H groups in total. The van der Waals surface area contributed by atoms with Crippen LogP contribution in [0.2, 0.25) is 0 Å². The molecule has 0 radical (unpaired) electrons. The molecule has 11 nitrogen and oxygen atoms in total. The van der Waals surface area contributed by atoms with Gasteiger partial charge in [0.25, 0.3) is 0 Å². The third-order valence-electron chi connectivity index (χ3n) is 4.70. The molecule has 2 atom stereocenters. The Labute approximate surface area is 183 Å². The third kappa shape index (κ3) is 7.04. The zero-order valence-corrected chi connectivity index (χ0v) is 17.4. The number of ketones is 1. The van der Waals surface area contributed by atoms with E-state index in [4.69, 9.17) is 5.41 Å². The Kier molecular flexibility index (Phi) is 8.63. The molecule has 1 aromatic heterocycles. The molecule has 3 amide bonds. The van der Waals surface area contributed by atoms with Crippen LogP contribution in [-0.2, 0) is 30.4 Å². The fourth-order valence-corrected chi connectivity index (χ4v) is 3.07. The number of Topliss-reactive ketones (excluding diaryl/α,β-unsaturated/α-hetero) is 1. The number of fused-ring (bicyclic) bond motifs is 1. The summed E-state index contributed by atoms with van der Waals surface area (Å²) in [6.07, 6.45) is 1.93. The lowest BCUT2D eigenvalue weighted by Crippen LogP contribution is -2.53. The first-order valence-corrected chi connectivity index (χ1v) is 9.86. The molecule has 11 heteroatoms. The van der Waals surface area contributed by atoms with Gasteiger partial charge in [-0.3, -0.25) is 19.2 Å². The first-order chi connectivity index (χ1) is 15.2. The highest BCUT2D eigenvalue weighted by Crippen LogP contribution is 2.19. The minimum absolute atomic E-state index is 0.0629. The van der Waals surface area contributed by atoms with E-state index < -0.39 is 41.6 Å². The minimum atomic E-state index is -1.37. The first kappa shape index (κ1) is 24.3. The number of benzene rings is 1. The third-order valence-corrected chi connectivity index (χ3v) is 4.70. The fourth-order valence-electron chi connectivity index (χ4n) is 3.07. The minimum Gasteiger partial charge on any atom is -0.480 e. The molecule has 0 unspecified atom stereocenters. The Morgan fingerprint density at radius 3 is 2.50 bits per heavy atom. The predicted octanol–water partition coefficient (Wildman–Crippen LogP) is -0.100. The van der Waals surface area contributed by atoms with Crippen LogP contribution in [0.3, 0.4) is 0 Å². The summed E-state index contributed by atoms with van der Waals surface area (Å²) in [7, 11) is 0. The van der Waals surface area contributed by atoms with E-state index in [-0.39, 0.29) is 25.8 Å². The summed E-state index contributed by atoms with van der Waals surface area (Å²) in [5, 5.41) is 24.3. The smallest absolute Gasteiger partial charge is 0.326 e. The highest BCUT2D eigenvalue weighted by Gasteiger charge is 2.27. The van der Waals surface area contributed by atoms with Gasteiger partial charge in [0.1, 0.15) is 12.1 Å². The maximum atomic E-state index is 12.9. The quantitative estimate of drug-likeness (QED) is 0.249. The summed E-state index contributed by atoms with van der Waals surface area (Å²) in [6, 6.07) is 4.86. The maximum absolute atomic E-state index is 12.9. The van der Waals surface area contributed by atoms with Gasteiger partial charge >= 0.3 is 5.97 Å². The summed E-state index contributed by atoms with van der Waals surface area (Å²) >= 11 is 0. The van der Waals surface area contributed by atoms with Gasteiger partial charge in [0, 0.05) is 36.9 Å². The number of amides is 3. The van der Waals surface area contributed by atoms with Crippen LogP contribution in [0, 0.1) is 5.41 Å². The number of H-pyrrole nitrogens is 1. The number of rotatable bonds is 12. The fraction of sp³-hybridized carbons (Fsp3) is 0.333. The van der Waals surface area contributed by atoms with Crippen LogP contribution in [0.25, 0.3) is 10.9 Å². The van der Waals surface area contributed by atoms with E-state index in [1.54, 1.807) is 6.20 Å². The number of carboxylic acids is 1. The van der Waals surface area contributed by atoms with Crippen molar-refractivity contribution in [2.45, 2.75) is 38.3 Å². The number of hydrogen-bond acceptors (Lipinski definition) is 6. The average molecular weight is 443 g/mol. The highest BCUT2D eigenvalue weighted by atomic mass is 16.4. The van der Waals surface area contributed by atoms with Crippen molar-refractivity contribution in [1.29, 1.82) is 5.41 Å². The van der Waals surface area contributed by atoms with Gasteiger partial charge in [-0.1, -0.05) is 18.2 Å². The molecule has 0 aliphatic heterocycles. The second-order valence-corrected chi connectivity index (χ2v) is 7.14. The standard InChI is InChI=1S/C21H25N5O6/c1-12(27)23-11-19(29)25-18(8-13-10-24-16-5-3-2-4-15(13)16)20(30)26-17(21(31)32)7-6-14(28)9-22/h2-5,9-10,17-18,22,24H,6-8,11H2,1H3,(H,23,27)(H,25,29)(H,26,30)(H,31,32)/t17-,18-/m0/s1. The van der Waals surface area contributed by atoms with E-state index in [1.165, 1.54) is 6.92 Å². The van der Waals surface area contributed by atoms with Crippen LogP contribution in [0.4, 0.5) is 0 Å². The molecule has 2 rings (SSSR count). The molecule has 32 heavy (non-hydrogen) atoms. The lowest BCUT2D eigenvalue weighted by Gasteiger charge is -2.21. The zero-order valence-electron chi connectivity index (χ0n) is 17.4. The van der Waals surface area contributed by atoms with Gasteiger partial charge in [-0.25, -0.2) is 4.79 Å². The molecule has 0 saturated carbocycles. The highest BCUT2D eigenvalue weighted by molar-refractivity contribution is 6.26. The van der Waals surface area contributed by atoms with Gasteiger partial charge < -0.3 is 31.5 Å². The van der Waals surface area contributed by atoms with Gasteiger partial charge in [0.2, 0.25) is 17.7 Å². The first-order valence-electron chi connectivity index (χ1n) is 9.86. The Bertz CT molecular complexity index is 1030. The summed E-state index contributed by atoms with van der Waals surface area (Å²) in [5.74, 6) is -3.69. The molecule has 0 fully saturated rings. The molecule has 0 aliphatic carbocycles. The molecule has 0 bridgehead atoms. The lowest BCUT2D eigenvalue weighted by molar-refractivity contribution is -0.142. The molecule has 170 valence electrons. The van der Waals surface area contributed by atoms with E-state index in [0.717, 1.165) is 16.5 Å². The van der Waals surface area contributed by atoms with Crippen molar-refractivity contribution in [2.24, 2.45) is 0 Å². The number of nitrogens with one attached hydrogen (secondary N) is 5. The van der Waals surface area contributed by atoms with E-state index in [2.05, 4.69) is 20.9 Å². The van der Waals surface area contributed by atoms with Crippen LogP contribution in [0.15, 0.2) is 30.5 Å². The average Bonchev–Trinajstić information content (AvgIpc) is 3.16. The predicted molar refractivity (Wildman–Crippen MR) is 115 cm³/mol. The Morgan fingerprint density at radius 2 is 1.84 bits per heavy atom. The Balaban J connectivity index is 2.19. The summed E-state index contributed by atoms with van der Waals surface area (Å²) in [4.78, 5) is 62.1. The van der Waals surface area contributed by atoms with Gasteiger partial charge in [0.05, 0.1) is 12.8 Å². The second kappa shape index (κ2) is 11.4. The van der Waals surface area contributed by atoms with E-state index in [0.29, 0.717) is 6.21 Å². The molecule has 0 spiro atoms. The number of aromatic nitrogens is 1. The summed E-state index contributed by atoms with van der Waals surface area (Å²) in [6.45, 7) is 0.902. The number of aromatic amines is 1. The van der Waals surface area contributed by atoms with Gasteiger partial charge in [0.15, 0.2) is 5.78 Å². The topological polar surface area (TPSA) is 181 Å². The molecular weight excluding hydrogens is 418 g/mol. The van der Waals surface area contributed by atoms with E-state index >= 15 is 0 Å². The number of carbonyl (C=O) groups excluding carboxylic acids is 4. The van der Waals surface area contributed by atoms with Crippen LogP contribution in [0.1, 0.15) is 25.3 Å². The lowest BCUT2D eigenvalue weighted by atomic mass is 10.0. The molecule has 0 aliphatic rings. The van der Waals surface area contributed by atoms with E-state index in [1.807, 2.05) is 24.3 Å². The number of aliphatic carboxylic acids is 1. The van der Waals surface area contributed by atoms with Gasteiger partial charge in [-0.05, 0) is 18.1 Å². The number of carbonyl (C=O) groups is 5. The second-order valence-electron chi connectivity index (χ2n) is 7.14. The number of hydrogen-bond donors (Lipinski definition) is 6. The zero-order chi connectivity index (χ0) is 23.7. The number of carboxylic acid groups (broad SMARTS) is 1. The maximum Gasteiger partial charge on any atom is 0.326 e. The Hall–Kier alpha value is -4.02. The van der Waals surface area contributed by atoms with Crippen molar-refractivity contribution in [3.8, 4) is 0 Å². The van der Waals surface area contributed by atoms with Gasteiger partial charge in [-0.15, -0.1) is 0 Å². The Morgan fingerprint density at radius 1 is 1.12 bits per heavy atom. The van der Waals surface area contributed by atoms with Crippen LogP contribution in [-0.4, -0.2) is 64.4 Å². The normalized spacial score (nSPS) is 12.4. The molecule has 2 aromatic rings. The molecular formula is C21H25N5O6. The van der Waals surface area contributed by atoms with Gasteiger partial charge in [-0.2, -0.15) is 0 Å². The van der Waals surface area contributed by atoms with Crippen molar-refractivity contribution in [1.82, 2.24) is 20.9 Å². The van der Waals surface area contributed by atoms with Crippen molar-refractivity contribution < 1.29 is 29.1 Å².